The summed E-state index contributed by atoms with van der Waals surface area (Å²) in [4.78, 5) is 20.7. The summed E-state index contributed by atoms with van der Waals surface area (Å²) in [7, 11) is 0. The number of hydrogen-bond donors (Lipinski definition) is 2. The third-order valence-electron chi connectivity index (χ3n) is 3.43. The molecule has 1 aromatic heterocycles. The largest absolute Gasteiger partial charge is 0.369 e. The Hall–Kier alpha value is -0.630. The van der Waals surface area contributed by atoms with E-state index in [0.29, 0.717) is 15.3 Å². The van der Waals surface area contributed by atoms with Crippen LogP contribution in [0.3, 0.4) is 0 Å². The first kappa shape index (κ1) is 14.8. The first-order valence-electron chi connectivity index (χ1n) is 6.86. The number of piperidine rings is 1. The van der Waals surface area contributed by atoms with Crippen LogP contribution in [0.4, 0.5) is 5.82 Å². The number of halogens is 1. The molecule has 1 unspecified atom stereocenters. The molecule has 6 heteroatoms. The molecule has 1 aliphatic heterocycles. The van der Waals surface area contributed by atoms with Crippen molar-refractivity contribution < 1.29 is 0 Å². The Morgan fingerprint density at radius 2 is 2.21 bits per heavy atom. The van der Waals surface area contributed by atoms with Gasteiger partial charge in [-0.25, -0.2) is 4.98 Å². The molecule has 5 nitrogen and oxygen atoms in total. The van der Waals surface area contributed by atoms with Gasteiger partial charge in [0.05, 0.1) is 6.33 Å². The van der Waals surface area contributed by atoms with E-state index in [-0.39, 0.29) is 5.56 Å². The molecule has 1 saturated heterocycles. The van der Waals surface area contributed by atoms with E-state index in [1.807, 2.05) is 22.6 Å². The lowest BCUT2D eigenvalue weighted by Gasteiger charge is -2.29. The number of rotatable bonds is 5. The second-order valence-corrected chi connectivity index (χ2v) is 6.32. The van der Waals surface area contributed by atoms with Gasteiger partial charge in [0.2, 0.25) is 0 Å². The van der Waals surface area contributed by atoms with Crippen LogP contribution >= 0.6 is 22.6 Å². The third-order valence-corrected chi connectivity index (χ3v) is 4.43. The van der Waals surface area contributed by atoms with Gasteiger partial charge in [0.25, 0.3) is 5.56 Å². The summed E-state index contributed by atoms with van der Waals surface area (Å²) in [5, 5.41) is 3.28. The minimum Gasteiger partial charge on any atom is -0.369 e. The Morgan fingerprint density at radius 3 is 2.95 bits per heavy atom. The van der Waals surface area contributed by atoms with Crippen LogP contribution in [0.5, 0.6) is 0 Å². The number of hydrogen-bond acceptors (Lipinski definition) is 4. The van der Waals surface area contributed by atoms with E-state index in [0.717, 1.165) is 13.1 Å². The van der Waals surface area contributed by atoms with Crippen molar-refractivity contribution in [3.05, 3.63) is 20.3 Å². The lowest BCUT2D eigenvalue weighted by atomic mass is 10.1. The van der Waals surface area contributed by atoms with Gasteiger partial charge in [-0.3, -0.25) is 4.79 Å². The Labute approximate surface area is 127 Å². The van der Waals surface area contributed by atoms with Crippen LogP contribution < -0.4 is 10.9 Å². The van der Waals surface area contributed by atoms with Crippen LogP contribution in [0.25, 0.3) is 0 Å². The number of H-pyrrole nitrogens is 1. The van der Waals surface area contributed by atoms with Gasteiger partial charge in [-0.1, -0.05) is 13.3 Å². The first-order chi connectivity index (χ1) is 9.16. The van der Waals surface area contributed by atoms with Gasteiger partial charge in [0.15, 0.2) is 0 Å². The second-order valence-electron chi connectivity index (χ2n) is 5.24. The highest BCUT2D eigenvalue weighted by atomic mass is 127. The maximum Gasteiger partial charge on any atom is 0.266 e. The predicted octanol–water partition coefficient (Wildman–Crippen LogP) is 1.91. The van der Waals surface area contributed by atoms with Gasteiger partial charge in [-0.05, 0) is 54.4 Å². The molecule has 2 heterocycles. The van der Waals surface area contributed by atoms with Gasteiger partial charge < -0.3 is 15.2 Å². The summed E-state index contributed by atoms with van der Waals surface area (Å²) in [6, 6.07) is 0. The van der Waals surface area contributed by atoms with Gasteiger partial charge >= 0.3 is 0 Å². The average molecular weight is 376 g/mol. The highest BCUT2D eigenvalue weighted by Crippen LogP contribution is 2.13. The summed E-state index contributed by atoms with van der Waals surface area (Å²) >= 11 is 2.03. The summed E-state index contributed by atoms with van der Waals surface area (Å²) in [5.41, 5.74) is -0.0817. The molecule has 2 rings (SSSR count). The van der Waals surface area contributed by atoms with Crippen molar-refractivity contribution in [2.75, 3.05) is 31.5 Å². The third kappa shape index (κ3) is 4.45. The summed E-state index contributed by atoms with van der Waals surface area (Å²) < 4.78 is 0.630. The molecule has 0 saturated carbocycles. The monoisotopic (exact) mass is 376 g/mol. The molecule has 0 amide bonds. The van der Waals surface area contributed by atoms with E-state index >= 15 is 0 Å². The van der Waals surface area contributed by atoms with Crippen molar-refractivity contribution in [2.45, 2.75) is 26.2 Å². The molecule has 1 fully saturated rings. The quantitative estimate of drug-likeness (QED) is 0.771. The molecular weight excluding hydrogens is 355 g/mol. The van der Waals surface area contributed by atoms with Crippen LogP contribution in [0, 0.1) is 9.49 Å². The van der Waals surface area contributed by atoms with Gasteiger partial charge in [-0.15, -0.1) is 0 Å². The van der Waals surface area contributed by atoms with Crippen molar-refractivity contribution in [2.24, 2.45) is 5.92 Å². The molecule has 0 aromatic carbocycles. The van der Waals surface area contributed by atoms with Crippen LogP contribution in [0.2, 0.25) is 0 Å². The molecule has 106 valence electrons. The molecule has 0 radical (unpaired) electrons. The van der Waals surface area contributed by atoms with Crippen LogP contribution in [0.1, 0.15) is 26.2 Å². The fourth-order valence-corrected chi connectivity index (χ4v) is 2.91. The normalized spacial score (nSPS) is 18.2. The number of aromatic nitrogens is 2. The second kappa shape index (κ2) is 7.23. The van der Waals surface area contributed by atoms with Crippen molar-refractivity contribution >= 4 is 28.4 Å². The molecular formula is C13H21IN4O. The Bertz CT molecular complexity index is 456. The lowest BCUT2D eigenvalue weighted by Crippen LogP contribution is -2.35. The van der Waals surface area contributed by atoms with Crippen LogP contribution in [-0.4, -0.2) is 41.0 Å². The zero-order valence-corrected chi connectivity index (χ0v) is 13.4. The predicted molar refractivity (Wildman–Crippen MR) is 85.5 cm³/mol. The molecule has 19 heavy (non-hydrogen) atoms. The van der Waals surface area contributed by atoms with Crippen LogP contribution in [-0.2, 0) is 0 Å². The van der Waals surface area contributed by atoms with Crippen molar-refractivity contribution in [1.29, 1.82) is 0 Å². The number of nitrogens with one attached hydrogen (secondary N) is 2. The average Bonchev–Trinajstić information content (AvgIpc) is 2.42. The molecule has 1 aromatic rings. The molecule has 1 atom stereocenters. The fourth-order valence-electron chi connectivity index (χ4n) is 2.42. The highest BCUT2D eigenvalue weighted by molar-refractivity contribution is 14.1. The summed E-state index contributed by atoms with van der Waals surface area (Å²) in [5.74, 6) is 1.24. The van der Waals surface area contributed by atoms with E-state index in [2.05, 4.69) is 27.1 Å². The first-order valence-corrected chi connectivity index (χ1v) is 7.94. The van der Waals surface area contributed by atoms with Crippen molar-refractivity contribution in [3.8, 4) is 0 Å². The SMILES string of the molecule is CC(CNc1nc[nH]c(=O)c1I)CN1CCCCC1. The molecule has 0 spiro atoms. The van der Waals surface area contributed by atoms with Gasteiger partial charge in [0.1, 0.15) is 9.39 Å². The molecule has 2 N–H and O–H groups in total. The van der Waals surface area contributed by atoms with E-state index in [4.69, 9.17) is 0 Å². The zero-order valence-electron chi connectivity index (χ0n) is 11.3. The number of aromatic amines is 1. The Balaban J connectivity index is 1.81. The number of likely N-dealkylation sites (tertiary alicyclic amines) is 1. The fraction of sp³-hybridized carbons (Fsp3) is 0.692. The molecule has 1 aliphatic rings. The van der Waals surface area contributed by atoms with E-state index in [9.17, 15) is 4.79 Å². The zero-order chi connectivity index (χ0) is 13.7. The van der Waals surface area contributed by atoms with E-state index < -0.39 is 0 Å². The van der Waals surface area contributed by atoms with Crippen molar-refractivity contribution in [1.82, 2.24) is 14.9 Å². The maximum atomic E-state index is 11.5. The molecule has 0 aliphatic carbocycles. The van der Waals surface area contributed by atoms with Gasteiger partial charge in [-0.2, -0.15) is 0 Å². The minimum atomic E-state index is -0.0817. The summed E-state index contributed by atoms with van der Waals surface area (Å²) in [6.45, 7) is 6.66. The topological polar surface area (TPSA) is 61.0 Å². The smallest absolute Gasteiger partial charge is 0.266 e. The van der Waals surface area contributed by atoms with Crippen molar-refractivity contribution in [3.63, 3.8) is 0 Å². The Morgan fingerprint density at radius 1 is 1.47 bits per heavy atom. The standard InChI is InChI=1S/C13H21IN4O/c1-10(8-18-5-3-2-4-6-18)7-15-12-11(14)13(19)17-9-16-12/h9-10H,2-8H2,1H3,(H2,15,16,17,19). The Kier molecular flexibility index (Phi) is 5.62. The number of anilines is 1. The van der Waals surface area contributed by atoms with Gasteiger partial charge in [0, 0.05) is 13.1 Å². The summed E-state index contributed by atoms with van der Waals surface area (Å²) in [6.07, 6.45) is 5.47. The van der Waals surface area contributed by atoms with E-state index in [1.165, 1.54) is 38.7 Å². The molecule has 0 bridgehead atoms. The maximum absolute atomic E-state index is 11.5. The van der Waals surface area contributed by atoms with E-state index in [1.54, 1.807) is 0 Å². The lowest BCUT2D eigenvalue weighted by molar-refractivity contribution is 0.204. The number of nitrogens with zero attached hydrogens (tertiary/aromatic N) is 2. The highest BCUT2D eigenvalue weighted by Gasteiger charge is 2.14. The minimum absolute atomic E-state index is 0.0817. The van der Waals surface area contributed by atoms with Crippen LogP contribution in [0.15, 0.2) is 11.1 Å².